The quantitative estimate of drug-likeness (QED) is 0.939. The van der Waals surface area contributed by atoms with E-state index in [0.29, 0.717) is 22.2 Å². The maximum absolute atomic E-state index is 11.9. The van der Waals surface area contributed by atoms with Gasteiger partial charge in [0.2, 0.25) is 0 Å². The van der Waals surface area contributed by atoms with E-state index in [1.54, 1.807) is 18.2 Å². The molecule has 1 N–H and O–H groups in total. The number of carbonyl (C=O) groups is 1. The molecular formula is C12H10Cl2N2OS. The Bertz CT molecular complexity index is 583. The molecule has 0 fully saturated rings. The molecule has 2 aromatic rings. The number of rotatable bonds is 3. The third-order valence-corrected chi connectivity index (χ3v) is 3.95. The van der Waals surface area contributed by atoms with E-state index in [1.807, 2.05) is 12.3 Å². The lowest BCUT2D eigenvalue weighted by atomic mass is 10.2. The van der Waals surface area contributed by atoms with Gasteiger partial charge in [-0.05, 0) is 25.1 Å². The van der Waals surface area contributed by atoms with Crippen LogP contribution in [0.5, 0.6) is 0 Å². The van der Waals surface area contributed by atoms with Gasteiger partial charge in [-0.2, -0.15) is 0 Å². The summed E-state index contributed by atoms with van der Waals surface area (Å²) in [5.41, 5.74) is 1.44. The van der Waals surface area contributed by atoms with Crippen LogP contribution in [-0.4, -0.2) is 10.9 Å². The van der Waals surface area contributed by atoms with Gasteiger partial charge in [-0.15, -0.1) is 11.3 Å². The zero-order valence-corrected chi connectivity index (χ0v) is 11.9. The summed E-state index contributed by atoms with van der Waals surface area (Å²) in [6.07, 6.45) is 0. The fourth-order valence-electron chi connectivity index (χ4n) is 1.38. The Kier molecular flexibility index (Phi) is 4.22. The van der Waals surface area contributed by atoms with Gasteiger partial charge >= 0.3 is 0 Å². The van der Waals surface area contributed by atoms with Crippen molar-refractivity contribution in [2.45, 2.75) is 13.5 Å². The molecule has 0 bridgehead atoms. The third-order valence-electron chi connectivity index (χ3n) is 2.25. The number of carbonyl (C=O) groups excluding carboxylic acids is 1. The van der Waals surface area contributed by atoms with E-state index in [4.69, 9.17) is 23.2 Å². The van der Waals surface area contributed by atoms with Gasteiger partial charge in [0.25, 0.3) is 5.91 Å². The predicted octanol–water partition coefficient (Wildman–Crippen LogP) is 3.69. The van der Waals surface area contributed by atoms with Crippen molar-refractivity contribution in [2.24, 2.45) is 0 Å². The Morgan fingerprint density at radius 3 is 2.78 bits per heavy atom. The average Bonchev–Trinajstić information content (AvgIpc) is 2.75. The predicted molar refractivity (Wildman–Crippen MR) is 74.5 cm³/mol. The first-order valence-corrected chi connectivity index (χ1v) is 6.84. The van der Waals surface area contributed by atoms with Gasteiger partial charge in [-0.25, -0.2) is 4.98 Å². The zero-order valence-electron chi connectivity index (χ0n) is 9.54. The third kappa shape index (κ3) is 3.22. The van der Waals surface area contributed by atoms with Gasteiger partial charge in [0.1, 0.15) is 5.01 Å². The molecule has 1 heterocycles. The van der Waals surface area contributed by atoms with Crippen LogP contribution >= 0.6 is 34.5 Å². The average molecular weight is 301 g/mol. The van der Waals surface area contributed by atoms with Crippen LogP contribution in [0.1, 0.15) is 21.1 Å². The molecule has 1 aromatic carbocycles. The molecule has 0 unspecified atom stereocenters. The molecule has 0 aliphatic carbocycles. The molecule has 0 aliphatic heterocycles. The summed E-state index contributed by atoms with van der Waals surface area (Å²) in [6.45, 7) is 2.33. The number of thiazole rings is 1. The lowest BCUT2D eigenvalue weighted by Gasteiger charge is -2.04. The van der Waals surface area contributed by atoms with Gasteiger partial charge in [0.15, 0.2) is 0 Å². The molecule has 1 aromatic heterocycles. The Morgan fingerprint density at radius 1 is 1.39 bits per heavy atom. The van der Waals surface area contributed by atoms with Crippen LogP contribution in [0.4, 0.5) is 0 Å². The minimum atomic E-state index is -0.193. The number of nitrogens with one attached hydrogen (secondary N) is 1. The Hall–Kier alpha value is -1.10. The largest absolute Gasteiger partial charge is 0.346 e. The maximum atomic E-state index is 11.9. The first kappa shape index (κ1) is 13.3. The van der Waals surface area contributed by atoms with Crippen LogP contribution in [0, 0.1) is 6.92 Å². The van der Waals surface area contributed by atoms with Crippen LogP contribution in [0.2, 0.25) is 10.0 Å². The Labute approximate surface area is 119 Å². The van der Waals surface area contributed by atoms with Crippen molar-refractivity contribution >= 4 is 40.4 Å². The van der Waals surface area contributed by atoms with Crippen LogP contribution in [0.15, 0.2) is 23.6 Å². The monoisotopic (exact) mass is 300 g/mol. The summed E-state index contributed by atoms with van der Waals surface area (Å²) in [5.74, 6) is -0.193. The van der Waals surface area contributed by atoms with Crippen LogP contribution < -0.4 is 5.32 Å². The number of halogens is 2. The van der Waals surface area contributed by atoms with Crippen molar-refractivity contribution < 1.29 is 4.79 Å². The van der Waals surface area contributed by atoms with E-state index < -0.39 is 0 Å². The SMILES string of the molecule is Cc1csc(CNC(=O)c2ccc(Cl)c(Cl)c2)n1. The first-order chi connectivity index (χ1) is 8.56. The van der Waals surface area contributed by atoms with Crippen LogP contribution in [-0.2, 0) is 6.54 Å². The molecule has 0 radical (unpaired) electrons. The standard InChI is InChI=1S/C12H10Cl2N2OS/c1-7-6-18-11(16-7)5-15-12(17)8-2-3-9(13)10(14)4-8/h2-4,6H,5H2,1H3,(H,15,17). The van der Waals surface area contributed by atoms with Crippen molar-refractivity contribution in [3.8, 4) is 0 Å². The minimum absolute atomic E-state index is 0.193. The van der Waals surface area contributed by atoms with Gasteiger partial charge < -0.3 is 5.32 Å². The van der Waals surface area contributed by atoms with Gasteiger partial charge in [-0.3, -0.25) is 4.79 Å². The molecule has 94 valence electrons. The smallest absolute Gasteiger partial charge is 0.251 e. The molecule has 3 nitrogen and oxygen atoms in total. The van der Waals surface area contributed by atoms with E-state index in [0.717, 1.165) is 10.7 Å². The number of nitrogens with zero attached hydrogens (tertiary/aromatic N) is 1. The topological polar surface area (TPSA) is 42.0 Å². The van der Waals surface area contributed by atoms with E-state index in [-0.39, 0.29) is 5.91 Å². The van der Waals surface area contributed by atoms with Crippen molar-refractivity contribution in [3.05, 3.63) is 49.9 Å². The lowest BCUT2D eigenvalue weighted by molar-refractivity contribution is 0.0951. The molecule has 0 spiro atoms. The van der Waals surface area contributed by atoms with Crippen molar-refractivity contribution in [1.82, 2.24) is 10.3 Å². The highest BCUT2D eigenvalue weighted by molar-refractivity contribution is 7.09. The molecule has 2 rings (SSSR count). The van der Waals surface area contributed by atoms with E-state index in [1.165, 1.54) is 11.3 Å². The second-order valence-electron chi connectivity index (χ2n) is 3.69. The maximum Gasteiger partial charge on any atom is 0.251 e. The molecular weight excluding hydrogens is 291 g/mol. The fraction of sp³-hybridized carbons (Fsp3) is 0.167. The summed E-state index contributed by atoms with van der Waals surface area (Å²) in [4.78, 5) is 16.1. The highest BCUT2D eigenvalue weighted by Crippen LogP contribution is 2.22. The van der Waals surface area contributed by atoms with Crippen LogP contribution in [0.3, 0.4) is 0 Å². The van der Waals surface area contributed by atoms with E-state index in [2.05, 4.69) is 10.3 Å². The summed E-state index contributed by atoms with van der Waals surface area (Å²) in [6, 6.07) is 4.79. The Morgan fingerprint density at radius 2 is 2.17 bits per heavy atom. The number of hydrogen-bond donors (Lipinski definition) is 1. The van der Waals surface area contributed by atoms with Crippen molar-refractivity contribution in [1.29, 1.82) is 0 Å². The fourth-order valence-corrected chi connectivity index (χ4v) is 2.39. The minimum Gasteiger partial charge on any atom is -0.346 e. The van der Waals surface area contributed by atoms with Gasteiger partial charge in [0, 0.05) is 16.6 Å². The molecule has 0 atom stereocenters. The van der Waals surface area contributed by atoms with Crippen molar-refractivity contribution in [2.75, 3.05) is 0 Å². The summed E-state index contributed by atoms with van der Waals surface area (Å²) >= 11 is 13.2. The second kappa shape index (κ2) is 5.69. The summed E-state index contributed by atoms with van der Waals surface area (Å²) < 4.78 is 0. The highest BCUT2D eigenvalue weighted by Gasteiger charge is 2.08. The summed E-state index contributed by atoms with van der Waals surface area (Å²) in [5, 5.41) is 6.41. The first-order valence-electron chi connectivity index (χ1n) is 5.20. The zero-order chi connectivity index (χ0) is 13.1. The number of benzene rings is 1. The summed E-state index contributed by atoms with van der Waals surface area (Å²) in [7, 11) is 0. The van der Waals surface area contributed by atoms with E-state index in [9.17, 15) is 4.79 Å². The molecule has 6 heteroatoms. The normalized spacial score (nSPS) is 10.4. The molecule has 0 aliphatic rings. The molecule has 0 saturated heterocycles. The van der Waals surface area contributed by atoms with Crippen molar-refractivity contribution in [3.63, 3.8) is 0 Å². The molecule has 1 amide bonds. The molecule has 0 saturated carbocycles. The second-order valence-corrected chi connectivity index (χ2v) is 5.45. The van der Waals surface area contributed by atoms with E-state index >= 15 is 0 Å². The molecule has 18 heavy (non-hydrogen) atoms. The Balaban J connectivity index is 2.01. The number of aryl methyl sites for hydroxylation is 1. The lowest BCUT2D eigenvalue weighted by Crippen LogP contribution is -2.22. The number of amides is 1. The number of aromatic nitrogens is 1. The number of hydrogen-bond acceptors (Lipinski definition) is 3. The van der Waals surface area contributed by atoms with Gasteiger partial charge in [-0.1, -0.05) is 23.2 Å². The van der Waals surface area contributed by atoms with Crippen LogP contribution in [0.25, 0.3) is 0 Å². The highest BCUT2D eigenvalue weighted by atomic mass is 35.5. The van der Waals surface area contributed by atoms with Gasteiger partial charge in [0.05, 0.1) is 16.6 Å².